The highest BCUT2D eigenvalue weighted by Gasteiger charge is 2.16. The van der Waals surface area contributed by atoms with Gasteiger partial charge in [-0.25, -0.2) is 4.79 Å². The quantitative estimate of drug-likeness (QED) is 0.264. The number of ether oxygens (including phenoxy) is 1. The molecular formula is C27H19ClN2O4. The normalized spacial score (nSPS) is 11.9. The summed E-state index contributed by atoms with van der Waals surface area (Å²) in [5.41, 5.74) is 5.79. The van der Waals surface area contributed by atoms with E-state index >= 15 is 0 Å². The molecule has 0 amide bonds. The van der Waals surface area contributed by atoms with Gasteiger partial charge in [0, 0.05) is 5.56 Å². The third kappa shape index (κ3) is 4.37. The maximum atomic E-state index is 10.9. The lowest BCUT2D eigenvalue weighted by Gasteiger charge is -2.07. The number of benzene rings is 4. The topological polar surface area (TPSA) is 95.4 Å². The van der Waals surface area contributed by atoms with Gasteiger partial charge >= 0.3 is 5.97 Å². The molecule has 1 atom stereocenters. The van der Waals surface area contributed by atoms with Gasteiger partial charge in [0.25, 0.3) is 6.01 Å². The van der Waals surface area contributed by atoms with Crippen LogP contribution < -0.4 is 4.74 Å². The molecule has 0 spiro atoms. The molecule has 5 aromatic rings. The van der Waals surface area contributed by atoms with Crippen molar-refractivity contribution >= 4 is 28.6 Å². The van der Waals surface area contributed by atoms with E-state index in [1.807, 2.05) is 42.5 Å². The first-order chi connectivity index (χ1) is 16.5. The molecule has 0 fully saturated rings. The summed E-state index contributed by atoms with van der Waals surface area (Å²) in [5.74, 6) is -0.864. The number of carboxylic acids is 1. The van der Waals surface area contributed by atoms with Gasteiger partial charge in [-0.05, 0) is 46.5 Å². The zero-order valence-electron chi connectivity index (χ0n) is 17.8. The van der Waals surface area contributed by atoms with Crippen LogP contribution in [0.2, 0.25) is 5.02 Å². The maximum Gasteiger partial charge on any atom is 0.337 e. The number of H-pyrrole nitrogens is 1. The first-order valence-corrected chi connectivity index (χ1v) is 10.9. The van der Waals surface area contributed by atoms with E-state index in [0.717, 1.165) is 27.8 Å². The zero-order chi connectivity index (χ0) is 23.7. The molecule has 4 aromatic carbocycles. The number of carboxylic acid groups (broad SMARTS) is 1. The molecule has 1 aromatic heterocycles. The SMILES string of the molecule is O=C(O)C(O)c1ccc(Oc2nc3cc(-c4ccc(-c5ccccc5)cc4)c(Cl)cc3[nH]2)cc1. The number of imidazole rings is 1. The Morgan fingerprint density at radius 3 is 2.21 bits per heavy atom. The Labute approximate surface area is 200 Å². The summed E-state index contributed by atoms with van der Waals surface area (Å²) in [6, 6.07) is 28.5. The average molecular weight is 471 g/mol. The highest BCUT2D eigenvalue weighted by Crippen LogP contribution is 2.34. The van der Waals surface area contributed by atoms with Crippen LogP contribution in [0.3, 0.4) is 0 Å². The van der Waals surface area contributed by atoms with Gasteiger partial charge in [-0.1, -0.05) is 78.3 Å². The Bertz CT molecular complexity index is 1460. The van der Waals surface area contributed by atoms with Crippen molar-refractivity contribution in [2.75, 3.05) is 0 Å². The van der Waals surface area contributed by atoms with Crippen molar-refractivity contribution in [1.82, 2.24) is 9.97 Å². The predicted molar refractivity (Wildman–Crippen MR) is 131 cm³/mol. The Morgan fingerprint density at radius 2 is 1.53 bits per heavy atom. The van der Waals surface area contributed by atoms with Crippen LogP contribution in [0, 0.1) is 0 Å². The van der Waals surface area contributed by atoms with E-state index in [9.17, 15) is 9.90 Å². The number of halogens is 1. The smallest absolute Gasteiger partial charge is 0.337 e. The summed E-state index contributed by atoms with van der Waals surface area (Å²) in [6.45, 7) is 0. The number of hydrogen-bond donors (Lipinski definition) is 3. The van der Waals surface area contributed by atoms with Gasteiger partial charge < -0.3 is 19.9 Å². The van der Waals surface area contributed by atoms with Crippen molar-refractivity contribution in [2.45, 2.75) is 6.10 Å². The van der Waals surface area contributed by atoms with E-state index in [1.54, 1.807) is 12.1 Å². The summed E-state index contributed by atoms with van der Waals surface area (Å²) in [7, 11) is 0. The van der Waals surface area contributed by atoms with Crippen molar-refractivity contribution in [3.63, 3.8) is 0 Å². The number of aromatic amines is 1. The van der Waals surface area contributed by atoms with Crippen LogP contribution in [0.15, 0.2) is 91.0 Å². The van der Waals surface area contributed by atoms with Crippen LogP contribution in [-0.2, 0) is 4.79 Å². The lowest BCUT2D eigenvalue weighted by Crippen LogP contribution is -2.10. The zero-order valence-corrected chi connectivity index (χ0v) is 18.5. The van der Waals surface area contributed by atoms with Gasteiger partial charge in [-0.3, -0.25) is 0 Å². The Balaban J connectivity index is 1.39. The third-order valence-electron chi connectivity index (χ3n) is 5.50. The fourth-order valence-electron chi connectivity index (χ4n) is 3.72. The lowest BCUT2D eigenvalue weighted by molar-refractivity contribution is -0.146. The molecule has 1 unspecified atom stereocenters. The number of aliphatic hydroxyl groups excluding tert-OH is 1. The summed E-state index contributed by atoms with van der Waals surface area (Å²) in [5, 5.41) is 19.1. The van der Waals surface area contributed by atoms with Crippen LogP contribution in [0.4, 0.5) is 0 Å². The third-order valence-corrected chi connectivity index (χ3v) is 5.81. The first-order valence-electron chi connectivity index (χ1n) is 10.5. The minimum absolute atomic E-state index is 0.263. The van der Waals surface area contributed by atoms with Crippen LogP contribution in [-0.4, -0.2) is 26.2 Å². The fraction of sp³-hybridized carbons (Fsp3) is 0.0370. The number of aliphatic carboxylic acids is 1. The summed E-state index contributed by atoms with van der Waals surface area (Å²) < 4.78 is 5.77. The molecule has 0 aliphatic heterocycles. The van der Waals surface area contributed by atoms with Crippen LogP contribution >= 0.6 is 11.6 Å². The second-order valence-electron chi connectivity index (χ2n) is 7.75. The van der Waals surface area contributed by atoms with Gasteiger partial charge in [0.05, 0.1) is 16.1 Å². The van der Waals surface area contributed by atoms with E-state index in [-0.39, 0.29) is 11.6 Å². The molecule has 6 nitrogen and oxygen atoms in total. The first kappa shape index (κ1) is 21.7. The number of nitrogens with one attached hydrogen (secondary N) is 1. The van der Waals surface area contributed by atoms with Crippen LogP contribution in [0.1, 0.15) is 11.7 Å². The number of nitrogens with zero attached hydrogens (tertiary/aromatic N) is 1. The van der Waals surface area contributed by atoms with Crippen molar-refractivity contribution in [3.8, 4) is 34.0 Å². The molecular weight excluding hydrogens is 452 g/mol. The summed E-state index contributed by atoms with van der Waals surface area (Å²) in [4.78, 5) is 18.5. The van der Waals surface area contributed by atoms with Gasteiger partial charge in [0.2, 0.25) is 0 Å². The Morgan fingerprint density at radius 1 is 0.882 bits per heavy atom. The molecule has 0 bridgehead atoms. The number of fused-ring (bicyclic) bond motifs is 1. The van der Waals surface area contributed by atoms with Gasteiger partial charge in [-0.2, -0.15) is 4.98 Å². The predicted octanol–water partition coefficient (Wildman–Crippen LogP) is 6.46. The number of hydrogen-bond acceptors (Lipinski definition) is 4. The highest BCUT2D eigenvalue weighted by molar-refractivity contribution is 6.34. The molecule has 0 aliphatic rings. The maximum absolute atomic E-state index is 10.9. The molecule has 0 aliphatic carbocycles. The van der Waals surface area contributed by atoms with Gasteiger partial charge in [0.1, 0.15) is 5.75 Å². The lowest BCUT2D eigenvalue weighted by atomic mass is 10.00. The van der Waals surface area contributed by atoms with Crippen molar-refractivity contribution < 1.29 is 19.7 Å². The Kier molecular flexibility index (Phi) is 5.76. The molecule has 5 rings (SSSR count). The number of carbonyl (C=O) groups is 1. The standard InChI is InChI=1S/C27H19ClN2O4/c28-22-15-24-23(14-21(22)18-8-6-17(7-9-18)16-4-2-1-3-5-16)29-27(30-24)34-20-12-10-19(11-13-20)25(31)26(32)33/h1-15,25,31H,(H,29,30)(H,32,33). The largest absolute Gasteiger partial charge is 0.479 e. The molecule has 34 heavy (non-hydrogen) atoms. The molecule has 0 saturated heterocycles. The van der Waals surface area contributed by atoms with E-state index < -0.39 is 12.1 Å². The molecule has 0 saturated carbocycles. The van der Waals surface area contributed by atoms with Gasteiger partial charge in [0.15, 0.2) is 6.10 Å². The molecule has 7 heteroatoms. The van der Waals surface area contributed by atoms with E-state index in [1.165, 1.54) is 12.1 Å². The second-order valence-corrected chi connectivity index (χ2v) is 8.15. The van der Waals surface area contributed by atoms with Crippen molar-refractivity contribution in [3.05, 3.63) is 102 Å². The summed E-state index contributed by atoms with van der Waals surface area (Å²) >= 11 is 6.58. The summed E-state index contributed by atoms with van der Waals surface area (Å²) in [6.07, 6.45) is -1.58. The van der Waals surface area contributed by atoms with Crippen LogP contribution in [0.5, 0.6) is 11.8 Å². The molecule has 168 valence electrons. The van der Waals surface area contributed by atoms with Crippen LogP contribution in [0.25, 0.3) is 33.3 Å². The Hall–Kier alpha value is -4.13. The van der Waals surface area contributed by atoms with Gasteiger partial charge in [-0.15, -0.1) is 0 Å². The van der Waals surface area contributed by atoms with E-state index in [0.29, 0.717) is 16.3 Å². The fourth-order valence-corrected chi connectivity index (χ4v) is 3.99. The highest BCUT2D eigenvalue weighted by atomic mass is 35.5. The number of rotatable bonds is 6. The van der Waals surface area contributed by atoms with E-state index in [2.05, 4.69) is 34.2 Å². The van der Waals surface area contributed by atoms with Crippen molar-refractivity contribution in [1.29, 1.82) is 0 Å². The number of aromatic nitrogens is 2. The molecule has 0 radical (unpaired) electrons. The molecule has 3 N–H and O–H groups in total. The number of aliphatic hydroxyl groups is 1. The molecule has 1 heterocycles. The van der Waals surface area contributed by atoms with E-state index in [4.69, 9.17) is 21.4 Å². The monoisotopic (exact) mass is 470 g/mol. The minimum Gasteiger partial charge on any atom is -0.479 e. The minimum atomic E-state index is -1.58. The average Bonchev–Trinajstić information content (AvgIpc) is 3.25. The van der Waals surface area contributed by atoms with Crippen molar-refractivity contribution in [2.24, 2.45) is 0 Å². The second kappa shape index (κ2) is 9.02.